The molecule has 4 aromatic heterocycles. The Kier molecular flexibility index (Phi) is 7.22. The van der Waals surface area contributed by atoms with Crippen molar-refractivity contribution in [1.82, 2.24) is 24.8 Å². The molecule has 0 saturated carbocycles. The molecule has 0 bridgehead atoms. The summed E-state index contributed by atoms with van der Waals surface area (Å²) in [4.78, 5) is 29.9. The highest BCUT2D eigenvalue weighted by Gasteiger charge is 2.33. The lowest BCUT2D eigenvalue weighted by molar-refractivity contribution is 0.483. The number of anilines is 2. The third kappa shape index (κ3) is 4.94. The van der Waals surface area contributed by atoms with Crippen molar-refractivity contribution in [2.24, 2.45) is 0 Å². The van der Waals surface area contributed by atoms with Crippen LogP contribution in [-0.2, 0) is 9.84 Å². The zero-order valence-corrected chi connectivity index (χ0v) is 26.1. The average Bonchev–Trinajstić information content (AvgIpc) is 3.32. The second-order valence-corrected chi connectivity index (χ2v) is 14.3. The van der Waals surface area contributed by atoms with Crippen LogP contribution < -0.4 is 21.5 Å². The zero-order chi connectivity index (χ0) is 30.8. The minimum absolute atomic E-state index is 0.0107. The number of rotatable bonds is 5. The van der Waals surface area contributed by atoms with Gasteiger partial charge in [0, 0.05) is 49.1 Å². The third-order valence-electron chi connectivity index (χ3n) is 7.71. The fourth-order valence-corrected chi connectivity index (χ4v) is 7.63. The molecule has 5 heterocycles. The Bertz CT molecular complexity index is 2090. The van der Waals surface area contributed by atoms with E-state index in [1.165, 1.54) is 22.0 Å². The number of hydrogen-bond donors (Lipinski definition) is 2. The Morgan fingerprint density at radius 3 is 2.65 bits per heavy atom. The van der Waals surface area contributed by atoms with Gasteiger partial charge in [-0.25, -0.2) is 22.8 Å². The quantitative estimate of drug-likeness (QED) is 0.292. The summed E-state index contributed by atoms with van der Waals surface area (Å²) in [6.45, 7) is 9.10. The second kappa shape index (κ2) is 10.6. The molecule has 1 fully saturated rings. The van der Waals surface area contributed by atoms with Gasteiger partial charge in [-0.2, -0.15) is 0 Å². The number of nitrogens with one attached hydrogen (secondary N) is 1. The third-order valence-corrected chi connectivity index (χ3v) is 9.67. The predicted octanol–water partition coefficient (Wildman–Crippen LogP) is 4.41. The molecule has 1 aliphatic rings. The van der Waals surface area contributed by atoms with Gasteiger partial charge in [-0.05, 0) is 43.5 Å². The molecule has 0 radical (unpaired) electrons. The number of nitrogen functional groups attached to an aromatic ring is 1. The monoisotopic (exact) mass is 621 g/mol. The summed E-state index contributed by atoms with van der Waals surface area (Å²) in [5.74, 6) is -0.786. The van der Waals surface area contributed by atoms with Crippen molar-refractivity contribution in [3.63, 3.8) is 0 Å². The van der Waals surface area contributed by atoms with Crippen molar-refractivity contribution < 1.29 is 12.8 Å². The van der Waals surface area contributed by atoms with E-state index in [2.05, 4.69) is 15.3 Å². The van der Waals surface area contributed by atoms with E-state index >= 15 is 4.39 Å². The molecular formula is C30H32FN7O3S2. The van der Waals surface area contributed by atoms with E-state index in [1.54, 1.807) is 24.4 Å². The predicted molar refractivity (Wildman–Crippen MR) is 170 cm³/mol. The molecular weight excluding hydrogens is 590 g/mol. The Morgan fingerprint density at radius 2 is 1.95 bits per heavy atom. The van der Waals surface area contributed by atoms with Crippen LogP contribution in [0.15, 0.2) is 46.2 Å². The van der Waals surface area contributed by atoms with Crippen LogP contribution in [0.5, 0.6) is 0 Å². The van der Waals surface area contributed by atoms with Gasteiger partial charge in [0.25, 0.3) is 5.56 Å². The maximum atomic E-state index is 16.3. The number of para-hydroxylation sites is 1. The van der Waals surface area contributed by atoms with Gasteiger partial charge in [0.1, 0.15) is 11.5 Å². The standard InChI is InChI=1S/C30H32FN7O3S2/c1-15(2)22-25(16(3)9-10-34-22)38-28-19(26(27(29(38)39)43(5,40)41)37-12-11-33-17(4)14-37)13-20(31)23(35-28)18-7-6-8-21-24(18)36-30(32)42-21/h6-10,13,15,17,33H,11-12,14H2,1-5H3,(H2,32,36)/t17-/m1/s1. The molecule has 13 heteroatoms. The molecule has 3 N–H and O–H groups in total. The number of aromatic nitrogens is 4. The second-order valence-electron chi connectivity index (χ2n) is 11.3. The van der Waals surface area contributed by atoms with Gasteiger partial charge < -0.3 is 16.0 Å². The highest BCUT2D eigenvalue weighted by atomic mass is 32.2. The van der Waals surface area contributed by atoms with Gasteiger partial charge in [-0.15, -0.1) is 0 Å². The molecule has 224 valence electrons. The number of aryl methyl sites for hydroxylation is 1. The maximum Gasteiger partial charge on any atom is 0.277 e. The Morgan fingerprint density at radius 1 is 1.19 bits per heavy atom. The number of fused-ring (bicyclic) bond motifs is 2. The molecule has 5 aromatic rings. The number of hydrogen-bond acceptors (Lipinski definition) is 10. The van der Waals surface area contributed by atoms with Crippen LogP contribution in [0.25, 0.3) is 38.2 Å². The van der Waals surface area contributed by atoms with E-state index in [0.29, 0.717) is 52.8 Å². The van der Waals surface area contributed by atoms with Gasteiger partial charge in [0.2, 0.25) is 0 Å². The fourth-order valence-electron chi connectivity index (χ4n) is 5.87. The highest BCUT2D eigenvalue weighted by molar-refractivity contribution is 7.90. The van der Waals surface area contributed by atoms with Gasteiger partial charge >= 0.3 is 0 Å². The van der Waals surface area contributed by atoms with Crippen LogP contribution in [0.2, 0.25) is 0 Å². The summed E-state index contributed by atoms with van der Waals surface area (Å²) in [6.07, 6.45) is 2.67. The van der Waals surface area contributed by atoms with Crippen LogP contribution in [0.3, 0.4) is 0 Å². The zero-order valence-electron chi connectivity index (χ0n) is 24.5. The summed E-state index contributed by atoms with van der Waals surface area (Å²) in [5.41, 5.74) is 8.15. The average molecular weight is 622 g/mol. The Balaban J connectivity index is 1.83. The summed E-state index contributed by atoms with van der Waals surface area (Å²) >= 11 is 1.28. The Labute approximate surface area is 252 Å². The maximum absolute atomic E-state index is 16.3. The van der Waals surface area contributed by atoms with Gasteiger partial charge in [-0.3, -0.25) is 14.3 Å². The normalized spacial score (nSPS) is 16.1. The van der Waals surface area contributed by atoms with E-state index in [-0.39, 0.29) is 34.4 Å². The van der Waals surface area contributed by atoms with Crippen LogP contribution in [0.4, 0.5) is 15.2 Å². The largest absolute Gasteiger partial charge is 0.375 e. The van der Waals surface area contributed by atoms with Gasteiger partial charge in [0.05, 0.1) is 27.3 Å². The first-order valence-corrected chi connectivity index (χ1v) is 16.7. The molecule has 0 amide bonds. The van der Waals surface area contributed by atoms with Gasteiger partial charge in [-0.1, -0.05) is 37.3 Å². The van der Waals surface area contributed by atoms with Crippen molar-refractivity contribution in [3.05, 3.63) is 64.0 Å². The van der Waals surface area contributed by atoms with Gasteiger partial charge in [0.15, 0.2) is 25.5 Å². The summed E-state index contributed by atoms with van der Waals surface area (Å²) < 4.78 is 45.3. The minimum atomic E-state index is -4.09. The molecule has 6 rings (SSSR count). The summed E-state index contributed by atoms with van der Waals surface area (Å²) in [6, 6.07) is 8.39. The van der Waals surface area contributed by atoms with Crippen molar-refractivity contribution in [1.29, 1.82) is 0 Å². The number of piperazine rings is 1. The smallest absolute Gasteiger partial charge is 0.277 e. The van der Waals surface area contributed by atoms with Crippen molar-refractivity contribution in [3.8, 4) is 16.9 Å². The lowest BCUT2D eigenvalue weighted by Gasteiger charge is -2.35. The lowest BCUT2D eigenvalue weighted by atomic mass is 10.0. The van der Waals surface area contributed by atoms with Crippen LogP contribution >= 0.6 is 11.3 Å². The van der Waals surface area contributed by atoms with Crippen molar-refractivity contribution in [2.75, 3.05) is 36.5 Å². The first-order chi connectivity index (χ1) is 20.4. The number of thiazole rings is 1. The SMILES string of the molecule is Cc1ccnc(C(C)C)c1-n1c(=O)c(S(C)(=O)=O)c(N2CCN[C@H](C)C2)c2cc(F)c(-c3cccc4sc(N)nc34)nc21. The van der Waals surface area contributed by atoms with E-state index in [4.69, 9.17) is 10.7 Å². The molecule has 1 atom stereocenters. The number of nitrogens with zero attached hydrogens (tertiary/aromatic N) is 5. The molecule has 1 aromatic carbocycles. The van der Waals surface area contributed by atoms with Crippen LogP contribution in [0.1, 0.15) is 37.9 Å². The van der Waals surface area contributed by atoms with E-state index in [1.807, 2.05) is 38.7 Å². The topological polar surface area (TPSA) is 136 Å². The molecule has 0 spiro atoms. The van der Waals surface area contributed by atoms with Crippen LogP contribution in [-0.4, -0.2) is 59.9 Å². The number of pyridine rings is 3. The Hall–Kier alpha value is -3.94. The first-order valence-electron chi connectivity index (χ1n) is 14.0. The summed E-state index contributed by atoms with van der Waals surface area (Å²) in [7, 11) is -4.09. The molecule has 10 nitrogen and oxygen atoms in total. The number of nitrogens with two attached hydrogens (primary N) is 1. The summed E-state index contributed by atoms with van der Waals surface area (Å²) in [5, 5.41) is 3.89. The van der Waals surface area contributed by atoms with E-state index in [9.17, 15) is 13.2 Å². The molecule has 0 unspecified atom stereocenters. The molecule has 1 aliphatic heterocycles. The van der Waals surface area contributed by atoms with Crippen molar-refractivity contribution in [2.45, 2.75) is 44.6 Å². The van der Waals surface area contributed by atoms with E-state index in [0.717, 1.165) is 11.0 Å². The first kappa shape index (κ1) is 29.1. The lowest BCUT2D eigenvalue weighted by Crippen LogP contribution is -2.50. The molecule has 0 aliphatic carbocycles. The van der Waals surface area contributed by atoms with Crippen molar-refractivity contribution >= 4 is 53.2 Å². The number of halogens is 1. The fraction of sp³-hybridized carbons (Fsp3) is 0.333. The van der Waals surface area contributed by atoms with Crippen LogP contribution in [0, 0.1) is 12.7 Å². The number of sulfone groups is 1. The highest BCUT2D eigenvalue weighted by Crippen LogP contribution is 2.39. The van der Waals surface area contributed by atoms with E-state index < -0.39 is 26.1 Å². The molecule has 43 heavy (non-hydrogen) atoms. The minimum Gasteiger partial charge on any atom is -0.375 e. The molecule has 1 saturated heterocycles. The number of benzene rings is 1.